The van der Waals surface area contributed by atoms with E-state index >= 15 is 0 Å². The lowest BCUT2D eigenvalue weighted by Gasteiger charge is -2.12. The molecule has 1 heterocycles. The molecule has 2 aromatic rings. The fourth-order valence-corrected chi connectivity index (χ4v) is 1.94. The first-order chi connectivity index (χ1) is 10.1. The molecule has 6 heteroatoms. The summed E-state index contributed by atoms with van der Waals surface area (Å²) in [6, 6.07) is 9.08. The molecule has 0 saturated heterocycles. The second-order valence-electron chi connectivity index (χ2n) is 4.86. The van der Waals surface area contributed by atoms with Gasteiger partial charge in [-0.3, -0.25) is 4.79 Å². The van der Waals surface area contributed by atoms with Crippen LogP contribution in [0.2, 0.25) is 0 Å². The molecular formula is C15H20N4O2. The summed E-state index contributed by atoms with van der Waals surface area (Å²) < 4.78 is 6.59. The number of methoxy groups -OCH3 is 1. The normalized spacial score (nSPS) is 12.1. The highest BCUT2D eigenvalue weighted by molar-refractivity contribution is 5.92. The standard InChI is InChI=1S/C15H20N4O2/c1-11(8-10-21-2)17-15(20)13-7-9-19(18-13)14-6-4-3-5-12(14)16/h3-7,9,11H,8,10,16H2,1-2H3,(H,17,20). The second kappa shape index (κ2) is 6.90. The number of benzene rings is 1. The van der Waals surface area contributed by atoms with Crippen LogP contribution in [0.15, 0.2) is 36.5 Å². The van der Waals surface area contributed by atoms with Gasteiger partial charge in [-0.25, -0.2) is 4.68 Å². The zero-order chi connectivity index (χ0) is 15.2. The Bertz CT molecular complexity index is 609. The third-order valence-electron chi connectivity index (χ3n) is 3.14. The van der Waals surface area contributed by atoms with Crippen LogP contribution in [0, 0.1) is 0 Å². The number of ether oxygens (including phenoxy) is 1. The number of nitrogens with two attached hydrogens (primary N) is 1. The SMILES string of the molecule is COCCC(C)NC(=O)c1ccn(-c2ccccc2N)n1. The summed E-state index contributed by atoms with van der Waals surface area (Å²) in [4.78, 5) is 12.1. The largest absolute Gasteiger partial charge is 0.397 e. The number of nitrogens with one attached hydrogen (secondary N) is 1. The zero-order valence-corrected chi connectivity index (χ0v) is 12.2. The van der Waals surface area contributed by atoms with Gasteiger partial charge in [0.05, 0.1) is 11.4 Å². The summed E-state index contributed by atoms with van der Waals surface area (Å²) in [6.07, 6.45) is 2.48. The van der Waals surface area contributed by atoms with Crippen LogP contribution in [0.5, 0.6) is 0 Å². The Morgan fingerprint density at radius 1 is 1.43 bits per heavy atom. The lowest BCUT2D eigenvalue weighted by Crippen LogP contribution is -2.33. The highest BCUT2D eigenvalue weighted by Crippen LogP contribution is 2.15. The maximum Gasteiger partial charge on any atom is 0.271 e. The van der Waals surface area contributed by atoms with Gasteiger partial charge in [0.25, 0.3) is 5.91 Å². The van der Waals surface area contributed by atoms with Gasteiger partial charge >= 0.3 is 0 Å². The molecule has 6 nitrogen and oxygen atoms in total. The van der Waals surface area contributed by atoms with E-state index in [0.29, 0.717) is 18.0 Å². The van der Waals surface area contributed by atoms with Crippen LogP contribution in [-0.4, -0.2) is 35.4 Å². The minimum Gasteiger partial charge on any atom is -0.397 e. The number of carbonyl (C=O) groups is 1. The van der Waals surface area contributed by atoms with Crippen molar-refractivity contribution in [1.29, 1.82) is 0 Å². The molecule has 0 spiro atoms. The Morgan fingerprint density at radius 3 is 2.90 bits per heavy atom. The lowest BCUT2D eigenvalue weighted by atomic mass is 10.2. The Labute approximate surface area is 123 Å². The van der Waals surface area contributed by atoms with E-state index < -0.39 is 0 Å². The van der Waals surface area contributed by atoms with Gasteiger partial charge in [0, 0.05) is 26.0 Å². The number of nitrogen functional groups attached to an aromatic ring is 1. The van der Waals surface area contributed by atoms with Gasteiger partial charge in [0.2, 0.25) is 0 Å². The first-order valence-corrected chi connectivity index (χ1v) is 6.82. The summed E-state index contributed by atoms with van der Waals surface area (Å²) in [7, 11) is 1.64. The first-order valence-electron chi connectivity index (χ1n) is 6.82. The van der Waals surface area contributed by atoms with Crippen LogP contribution in [0.4, 0.5) is 5.69 Å². The topological polar surface area (TPSA) is 82.2 Å². The maximum atomic E-state index is 12.1. The van der Waals surface area contributed by atoms with Gasteiger partial charge in [-0.15, -0.1) is 0 Å². The molecule has 1 aromatic heterocycles. The fourth-order valence-electron chi connectivity index (χ4n) is 1.94. The minimum absolute atomic E-state index is 0.0318. The average molecular weight is 288 g/mol. The average Bonchev–Trinajstić information content (AvgIpc) is 2.95. The van der Waals surface area contributed by atoms with Crippen molar-refractivity contribution < 1.29 is 9.53 Å². The number of anilines is 1. The molecule has 1 amide bonds. The van der Waals surface area contributed by atoms with E-state index in [1.807, 2.05) is 25.1 Å². The molecule has 21 heavy (non-hydrogen) atoms. The summed E-state index contributed by atoms with van der Waals surface area (Å²) in [5.74, 6) is -0.202. The molecule has 1 atom stereocenters. The molecular weight excluding hydrogens is 268 g/mol. The third kappa shape index (κ3) is 3.82. The molecule has 0 fully saturated rings. The highest BCUT2D eigenvalue weighted by Gasteiger charge is 2.13. The molecule has 0 bridgehead atoms. The molecule has 112 valence electrons. The summed E-state index contributed by atoms with van der Waals surface area (Å²) >= 11 is 0. The van der Waals surface area contributed by atoms with E-state index in [2.05, 4.69) is 10.4 Å². The first kappa shape index (κ1) is 15.1. The van der Waals surface area contributed by atoms with Crippen LogP contribution in [-0.2, 0) is 4.74 Å². The van der Waals surface area contributed by atoms with E-state index in [4.69, 9.17) is 10.5 Å². The number of rotatable bonds is 6. The minimum atomic E-state index is -0.202. The molecule has 0 saturated carbocycles. The Morgan fingerprint density at radius 2 is 2.19 bits per heavy atom. The number of carbonyl (C=O) groups excluding carboxylic acids is 1. The maximum absolute atomic E-state index is 12.1. The predicted molar refractivity (Wildman–Crippen MR) is 81.4 cm³/mol. The molecule has 0 radical (unpaired) electrons. The third-order valence-corrected chi connectivity index (χ3v) is 3.14. The van der Waals surface area contributed by atoms with Gasteiger partial charge in [-0.05, 0) is 31.5 Å². The number of nitrogens with zero attached hydrogens (tertiary/aromatic N) is 2. The summed E-state index contributed by atoms with van der Waals surface area (Å²) in [5, 5.41) is 7.15. The quantitative estimate of drug-likeness (QED) is 0.791. The Kier molecular flexibility index (Phi) is 4.94. The highest BCUT2D eigenvalue weighted by atomic mass is 16.5. The van der Waals surface area contributed by atoms with Gasteiger partial charge in [0.15, 0.2) is 5.69 Å². The van der Waals surface area contributed by atoms with E-state index in [0.717, 1.165) is 12.1 Å². The second-order valence-corrected chi connectivity index (χ2v) is 4.86. The number of amides is 1. The van der Waals surface area contributed by atoms with Crippen LogP contribution >= 0.6 is 0 Å². The Balaban J connectivity index is 2.06. The van der Waals surface area contributed by atoms with Crippen molar-refractivity contribution in [3.05, 3.63) is 42.2 Å². The van der Waals surface area contributed by atoms with E-state index in [9.17, 15) is 4.79 Å². The van der Waals surface area contributed by atoms with E-state index in [1.165, 1.54) is 0 Å². The number of hydrogen-bond acceptors (Lipinski definition) is 4. The van der Waals surface area contributed by atoms with Gasteiger partial charge in [0.1, 0.15) is 0 Å². The number of hydrogen-bond donors (Lipinski definition) is 2. The molecule has 3 N–H and O–H groups in total. The predicted octanol–water partition coefficient (Wildman–Crippen LogP) is 1.61. The van der Waals surface area contributed by atoms with Gasteiger partial charge in [-0.1, -0.05) is 12.1 Å². The van der Waals surface area contributed by atoms with Crippen LogP contribution < -0.4 is 11.1 Å². The molecule has 0 aliphatic rings. The van der Waals surface area contributed by atoms with Crippen LogP contribution in [0.3, 0.4) is 0 Å². The smallest absolute Gasteiger partial charge is 0.271 e. The van der Waals surface area contributed by atoms with E-state index in [1.54, 1.807) is 30.1 Å². The number of para-hydroxylation sites is 2. The molecule has 1 aromatic carbocycles. The van der Waals surface area contributed by atoms with Crippen molar-refractivity contribution in [3.8, 4) is 5.69 Å². The van der Waals surface area contributed by atoms with Crippen molar-refractivity contribution in [1.82, 2.24) is 15.1 Å². The van der Waals surface area contributed by atoms with Crippen LogP contribution in [0.25, 0.3) is 5.69 Å². The van der Waals surface area contributed by atoms with Crippen molar-refractivity contribution in [2.45, 2.75) is 19.4 Å². The van der Waals surface area contributed by atoms with Crippen LogP contribution in [0.1, 0.15) is 23.8 Å². The fraction of sp³-hybridized carbons (Fsp3) is 0.333. The monoisotopic (exact) mass is 288 g/mol. The molecule has 2 rings (SSSR count). The molecule has 0 aliphatic carbocycles. The number of aromatic nitrogens is 2. The molecule has 0 aliphatic heterocycles. The summed E-state index contributed by atoms with van der Waals surface area (Å²) in [5.41, 5.74) is 7.63. The lowest BCUT2D eigenvalue weighted by molar-refractivity contribution is 0.0924. The van der Waals surface area contributed by atoms with Gasteiger partial charge in [-0.2, -0.15) is 5.10 Å². The molecule has 1 unspecified atom stereocenters. The zero-order valence-electron chi connectivity index (χ0n) is 12.2. The van der Waals surface area contributed by atoms with Crippen molar-refractivity contribution in [3.63, 3.8) is 0 Å². The van der Waals surface area contributed by atoms with Crippen molar-refractivity contribution in [2.75, 3.05) is 19.5 Å². The van der Waals surface area contributed by atoms with Crippen molar-refractivity contribution in [2.24, 2.45) is 0 Å². The van der Waals surface area contributed by atoms with E-state index in [-0.39, 0.29) is 11.9 Å². The summed E-state index contributed by atoms with van der Waals surface area (Å²) in [6.45, 7) is 2.54. The van der Waals surface area contributed by atoms with Crippen molar-refractivity contribution >= 4 is 11.6 Å². The Hall–Kier alpha value is -2.34. The van der Waals surface area contributed by atoms with Gasteiger partial charge < -0.3 is 15.8 Å².